The molecule has 1 atom stereocenters. The van der Waals surface area contributed by atoms with Gasteiger partial charge in [0.15, 0.2) is 0 Å². The summed E-state index contributed by atoms with van der Waals surface area (Å²) < 4.78 is 10.8. The summed E-state index contributed by atoms with van der Waals surface area (Å²) >= 11 is 0. The molecule has 1 aliphatic heterocycles. The van der Waals surface area contributed by atoms with Crippen molar-refractivity contribution in [2.24, 2.45) is 0 Å². The van der Waals surface area contributed by atoms with Crippen molar-refractivity contribution in [3.8, 4) is 5.75 Å². The van der Waals surface area contributed by atoms with Gasteiger partial charge in [0.1, 0.15) is 17.4 Å². The maximum Gasteiger partial charge on any atom is 0.129 e. The summed E-state index contributed by atoms with van der Waals surface area (Å²) in [5, 5.41) is 3.40. The van der Waals surface area contributed by atoms with Crippen LogP contribution in [0, 0.1) is 6.92 Å². The maximum atomic E-state index is 5.46. The fourth-order valence-corrected chi connectivity index (χ4v) is 2.89. The second kappa shape index (κ2) is 7.42. The molecule has 5 nitrogen and oxygen atoms in total. The highest BCUT2D eigenvalue weighted by molar-refractivity contribution is 5.39. The minimum atomic E-state index is 0.395. The van der Waals surface area contributed by atoms with E-state index in [2.05, 4.69) is 27.4 Å². The Morgan fingerprint density at radius 2 is 2.17 bits per heavy atom. The van der Waals surface area contributed by atoms with Gasteiger partial charge in [-0.2, -0.15) is 0 Å². The second-order valence-corrected chi connectivity index (χ2v) is 5.77. The highest BCUT2D eigenvalue weighted by atomic mass is 16.5. The molecule has 1 aromatic carbocycles. The molecule has 3 rings (SSSR count). The largest absolute Gasteiger partial charge is 0.496 e. The van der Waals surface area contributed by atoms with Gasteiger partial charge in [-0.1, -0.05) is 18.2 Å². The first kappa shape index (κ1) is 15.7. The Kier molecular flexibility index (Phi) is 5.08. The number of methoxy groups -OCH3 is 1. The smallest absolute Gasteiger partial charge is 0.129 e. The highest BCUT2D eigenvalue weighted by Crippen LogP contribution is 2.25. The molecule has 0 aliphatic carbocycles. The minimum Gasteiger partial charge on any atom is -0.496 e. The first-order valence-corrected chi connectivity index (χ1v) is 8.05. The van der Waals surface area contributed by atoms with E-state index in [0.717, 1.165) is 55.7 Å². The number of hydrogen-bond acceptors (Lipinski definition) is 5. The Morgan fingerprint density at radius 3 is 2.96 bits per heavy atom. The molecule has 0 bridgehead atoms. The number of rotatable bonds is 6. The summed E-state index contributed by atoms with van der Waals surface area (Å²) in [6, 6.07) is 10.1. The number of ether oxygens (including phenoxy) is 2. The summed E-state index contributed by atoms with van der Waals surface area (Å²) in [5.74, 6) is 3.01. The van der Waals surface area contributed by atoms with Crippen molar-refractivity contribution in [2.75, 3.05) is 32.2 Å². The number of nitrogens with one attached hydrogen (secondary N) is 1. The zero-order valence-electron chi connectivity index (χ0n) is 13.7. The Bertz CT molecular complexity index is 654. The van der Waals surface area contributed by atoms with Crippen LogP contribution in [-0.2, 0) is 11.2 Å². The predicted octanol–water partition coefficient (Wildman–Crippen LogP) is 2.95. The van der Waals surface area contributed by atoms with Crippen molar-refractivity contribution in [3.63, 3.8) is 0 Å². The second-order valence-electron chi connectivity index (χ2n) is 5.77. The van der Waals surface area contributed by atoms with E-state index < -0.39 is 0 Å². The van der Waals surface area contributed by atoms with Crippen molar-refractivity contribution >= 4 is 5.82 Å². The van der Waals surface area contributed by atoms with Crippen LogP contribution in [-0.4, -0.2) is 36.8 Å². The van der Waals surface area contributed by atoms with E-state index in [1.54, 1.807) is 7.11 Å². The van der Waals surface area contributed by atoms with Crippen LogP contribution in [0.3, 0.4) is 0 Å². The standard InChI is InChI=1S/C18H23N3O2/c1-13-20-16(15-8-10-23-12-15)11-18(21-13)19-9-7-14-5-3-4-6-17(14)22-2/h3-6,11,15H,7-10,12H2,1-2H3,(H,19,20,21)/t15-/m1/s1. The summed E-state index contributed by atoms with van der Waals surface area (Å²) in [7, 11) is 1.70. The van der Waals surface area contributed by atoms with Crippen LogP contribution < -0.4 is 10.1 Å². The van der Waals surface area contributed by atoms with Crippen LogP contribution in [0.4, 0.5) is 5.82 Å². The van der Waals surface area contributed by atoms with Gasteiger partial charge in [0.2, 0.25) is 0 Å². The van der Waals surface area contributed by atoms with Crippen molar-refractivity contribution < 1.29 is 9.47 Å². The van der Waals surface area contributed by atoms with E-state index in [4.69, 9.17) is 9.47 Å². The Balaban J connectivity index is 1.63. The normalized spacial score (nSPS) is 17.2. The molecule has 0 unspecified atom stereocenters. The number of nitrogens with zero attached hydrogens (tertiary/aromatic N) is 2. The van der Waals surface area contributed by atoms with Crippen molar-refractivity contribution in [2.45, 2.75) is 25.7 Å². The van der Waals surface area contributed by atoms with Gasteiger partial charge in [0.05, 0.1) is 19.4 Å². The zero-order valence-corrected chi connectivity index (χ0v) is 13.7. The molecule has 2 aromatic rings. The molecule has 1 aromatic heterocycles. The molecule has 23 heavy (non-hydrogen) atoms. The number of para-hydroxylation sites is 1. The van der Waals surface area contributed by atoms with E-state index in [0.29, 0.717) is 5.92 Å². The summed E-state index contributed by atoms with van der Waals surface area (Å²) in [6.07, 6.45) is 1.92. The monoisotopic (exact) mass is 313 g/mol. The molecule has 0 spiro atoms. The topological polar surface area (TPSA) is 56.3 Å². The lowest BCUT2D eigenvalue weighted by Gasteiger charge is -2.12. The number of hydrogen-bond donors (Lipinski definition) is 1. The molecule has 2 heterocycles. The van der Waals surface area contributed by atoms with Gasteiger partial charge >= 0.3 is 0 Å². The average molecular weight is 313 g/mol. The quantitative estimate of drug-likeness (QED) is 0.888. The maximum absolute atomic E-state index is 5.46. The zero-order chi connectivity index (χ0) is 16.1. The van der Waals surface area contributed by atoms with Crippen LogP contribution in [0.25, 0.3) is 0 Å². The summed E-state index contributed by atoms with van der Waals surface area (Å²) in [4.78, 5) is 9.04. The van der Waals surface area contributed by atoms with E-state index in [1.807, 2.05) is 25.1 Å². The van der Waals surface area contributed by atoms with Crippen LogP contribution in [0.1, 0.15) is 29.4 Å². The predicted molar refractivity (Wildman–Crippen MR) is 90.1 cm³/mol. The minimum absolute atomic E-state index is 0.395. The number of benzene rings is 1. The van der Waals surface area contributed by atoms with Gasteiger partial charge in [-0.05, 0) is 31.4 Å². The third kappa shape index (κ3) is 3.99. The summed E-state index contributed by atoms with van der Waals surface area (Å²) in [6.45, 7) is 4.32. The first-order valence-electron chi connectivity index (χ1n) is 8.05. The van der Waals surface area contributed by atoms with Crippen LogP contribution in [0.15, 0.2) is 30.3 Å². The van der Waals surface area contributed by atoms with Gasteiger partial charge in [0.25, 0.3) is 0 Å². The van der Waals surface area contributed by atoms with Crippen LogP contribution in [0.5, 0.6) is 5.75 Å². The van der Waals surface area contributed by atoms with Crippen LogP contribution in [0.2, 0.25) is 0 Å². The Morgan fingerprint density at radius 1 is 1.30 bits per heavy atom. The highest BCUT2D eigenvalue weighted by Gasteiger charge is 2.20. The fourth-order valence-electron chi connectivity index (χ4n) is 2.89. The lowest BCUT2D eigenvalue weighted by molar-refractivity contribution is 0.193. The van der Waals surface area contributed by atoms with E-state index in [1.165, 1.54) is 5.56 Å². The molecule has 122 valence electrons. The molecule has 1 fully saturated rings. The van der Waals surface area contributed by atoms with Gasteiger partial charge in [-0.15, -0.1) is 0 Å². The third-order valence-electron chi connectivity index (χ3n) is 4.10. The van der Waals surface area contributed by atoms with Crippen molar-refractivity contribution in [1.29, 1.82) is 0 Å². The number of anilines is 1. The lowest BCUT2D eigenvalue weighted by atomic mass is 10.0. The molecule has 1 saturated heterocycles. The number of aryl methyl sites for hydroxylation is 1. The molecule has 5 heteroatoms. The Labute approximate surface area is 137 Å². The third-order valence-corrected chi connectivity index (χ3v) is 4.10. The van der Waals surface area contributed by atoms with Gasteiger partial charge in [-0.25, -0.2) is 9.97 Å². The average Bonchev–Trinajstić information content (AvgIpc) is 3.09. The SMILES string of the molecule is COc1ccccc1CCNc1cc([C@@H]2CCOC2)nc(C)n1. The van der Waals surface area contributed by atoms with Crippen molar-refractivity contribution in [1.82, 2.24) is 9.97 Å². The molecule has 0 amide bonds. The molecular formula is C18H23N3O2. The molecular weight excluding hydrogens is 290 g/mol. The summed E-state index contributed by atoms with van der Waals surface area (Å²) in [5.41, 5.74) is 2.27. The van der Waals surface area contributed by atoms with Gasteiger partial charge in [-0.3, -0.25) is 0 Å². The molecule has 1 N–H and O–H groups in total. The van der Waals surface area contributed by atoms with Crippen LogP contribution >= 0.6 is 0 Å². The fraction of sp³-hybridized carbons (Fsp3) is 0.444. The number of aromatic nitrogens is 2. The molecule has 0 saturated carbocycles. The molecule has 1 aliphatic rings. The van der Waals surface area contributed by atoms with E-state index in [-0.39, 0.29) is 0 Å². The molecule has 0 radical (unpaired) electrons. The van der Waals surface area contributed by atoms with E-state index >= 15 is 0 Å². The first-order chi connectivity index (χ1) is 11.3. The Hall–Kier alpha value is -2.14. The van der Waals surface area contributed by atoms with E-state index in [9.17, 15) is 0 Å². The van der Waals surface area contributed by atoms with Gasteiger partial charge in [0, 0.05) is 25.1 Å². The van der Waals surface area contributed by atoms with Crippen molar-refractivity contribution in [3.05, 3.63) is 47.4 Å². The van der Waals surface area contributed by atoms with Gasteiger partial charge < -0.3 is 14.8 Å². The lowest BCUT2D eigenvalue weighted by Crippen LogP contribution is -2.10.